The lowest BCUT2D eigenvalue weighted by Crippen LogP contribution is -2.13. The molecular weight excluding hydrogens is 325 g/mol. The molecule has 3 nitrogen and oxygen atoms in total. The molecule has 0 atom stereocenters. The van der Waals surface area contributed by atoms with Gasteiger partial charge in [-0.3, -0.25) is 4.79 Å². The molecule has 0 radical (unpaired) electrons. The molecule has 5 heteroatoms. The van der Waals surface area contributed by atoms with E-state index in [1.165, 1.54) is 18.2 Å². The van der Waals surface area contributed by atoms with Gasteiger partial charge in [0.2, 0.25) is 0 Å². The highest BCUT2D eigenvalue weighted by atomic mass is 79.9. The van der Waals surface area contributed by atoms with Crippen LogP contribution in [0.5, 0.6) is 5.75 Å². The molecule has 0 saturated carbocycles. The van der Waals surface area contributed by atoms with Crippen LogP contribution in [0.25, 0.3) is 0 Å². The fourth-order valence-electron chi connectivity index (χ4n) is 1.82. The first-order valence-electron chi connectivity index (χ1n) is 5.92. The first kappa shape index (κ1) is 14.5. The van der Waals surface area contributed by atoms with E-state index in [9.17, 15) is 9.18 Å². The van der Waals surface area contributed by atoms with Crippen molar-refractivity contribution < 1.29 is 13.9 Å². The molecule has 104 valence electrons. The van der Waals surface area contributed by atoms with Crippen molar-refractivity contribution in [3.05, 3.63) is 57.8 Å². The van der Waals surface area contributed by atoms with Crippen molar-refractivity contribution in [2.75, 3.05) is 12.4 Å². The average Bonchev–Trinajstić information content (AvgIpc) is 2.40. The normalized spacial score (nSPS) is 10.2. The molecule has 0 unspecified atom stereocenters. The van der Waals surface area contributed by atoms with Gasteiger partial charge in [-0.05, 0) is 58.7 Å². The molecular formula is C15H13BrFNO2. The van der Waals surface area contributed by atoms with Gasteiger partial charge in [-0.2, -0.15) is 0 Å². The molecule has 0 bridgehead atoms. The Balaban J connectivity index is 2.23. The molecule has 1 N–H and O–H groups in total. The molecule has 0 heterocycles. The van der Waals surface area contributed by atoms with E-state index in [1.54, 1.807) is 32.2 Å². The molecule has 0 spiro atoms. The molecule has 0 aliphatic carbocycles. The number of carbonyl (C=O) groups is 1. The maximum atomic E-state index is 13.0. The second kappa shape index (κ2) is 6.05. The van der Waals surface area contributed by atoms with Crippen molar-refractivity contribution in [3.63, 3.8) is 0 Å². The summed E-state index contributed by atoms with van der Waals surface area (Å²) in [7, 11) is 1.55. The summed E-state index contributed by atoms with van der Waals surface area (Å²) in [6.45, 7) is 1.69. The highest BCUT2D eigenvalue weighted by Crippen LogP contribution is 2.28. The SMILES string of the molecule is COc1cc(NC(=O)c2ccc(F)cc2C)ccc1Br. The van der Waals surface area contributed by atoms with Gasteiger partial charge >= 0.3 is 0 Å². The van der Waals surface area contributed by atoms with E-state index in [2.05, 4.69) is 21.2 Å². The summed E-state index contributed by atoms with van der Waals surface area (Å²) in [5.41, 5.74) is 1.64. The Morgan fingerprint density at radius 2 is 2.00 bits per heavy atom. The third kappa shape index (κ3) is 3.17. The molecule has 2 aromatic carbocycles. The van der Waals surface area contributed by atoms with E-state index in [0.29, 0.717) is 22.6 Å². The Labute approximate surface area is 124 Å². The minimum Gasteiger partial charge on any atom is -0.495 e. The van der Waals surface area contributed by atoms with Crippen molar-refractivity contribution in [1.29, 1.82) is 0 Å². The molecule has 0 aromatic heterocycles. The Kier molecular flexibility index (Phi) is 4.39. The Morgan fingerprint density at radius 3 is 2.65 bits per heavy atom. The molecule has 1 amide bonds. The standard InChI is InChI=1S/C15H13BrFNO2/c1-9-7-10(17)3-5-12(9)15(19)18-11-4-6-13(16)14(8-11)20-2/h3-8H,1-2H3,(H,18,19). The molecule has 2 aromatic rings. The van der Waals surface area contributed by atoms with Crippen LogP contribution in [0.15, 0.2) is 40.9 Å². The Hall–Kier alpha value is -1.88. The van der Waals surface area contributed by atoms with E-state index in [-0.39, 0.29) is 11.7 Å². The Bertz CT molecular complexity index is 658. The van der Waals surface area contributed by atoms with Crippen LogP contribution in [-0.2, 0) is 0 Å². The van der Waals surface area contributed by atoms with Gasteiger partial charge < -0.3 is 10.1 Å². The summed E-state index contributed by atoms with van der Waals surface area (Å²) in [4.78, 5) is 12.1. The maximum absolute atomic E-state index is 13.0. The fourth-order valence-corrected chi connectivity index (χ4v) is 2.23. The van der Waals surface area contributed by atoms with Crippen LogP contribution >= 0.6 is 15.9 Å². The van der Waals surface area contributed by atoms with Gasteiger partial charge in [0.1, 0.15) is 11.6 Å². The van der Waals surface area contributed by atoms with Crippen LogP contribution in [0.4, 0.5) is 10.1 Å². The number of amides is 1. The van der Waals surface area contributed by atoms with Gasteiger partial charge in [0, 0.05) is 17.3 Å². The van der Waals surface area contributed by atoms with Crippen LogP contribution < -0.4 is 10.1 Å². The lowest BCUT2D eigenvalue weighted by molar-refractivity contribution is 0.102. The molecule has 0 saturated heterocycles. The van der Waals surface area contributed by atoms with E-state index in [0.717, 1.165) is 4.47 Å². The van der Waals surface area contributed by atoms with Crippen molar-refractivity contribution in [1.82, 2.24) is 0 Å². The van der Waals surface area contributed by atoms with E-state index < -0.39 is 0 Å². The first-order chi connectivity index (χ1) is 9.51. The van der Waals surface area contributed by atoms with Crippen molar-refractivity contribution in [2.45, 2.75) is 6.92 Å². The number of nitrogens with one attached hydrogen (secondary N) is 1. The predicted molar refractivity (Wildman–Crippen MR) is 79.8 cm³/mol. The summed E-state index contributed by atoms with van der Waals surface area (Å²) < 4.78 is 19.0. The van der Waals surface area contributed by atoms with Crippen LogP contribution in [-0.4, -0.2) is 13.0 Å². The van der Waals surface area contributed by atoms with Crippen molar-refractivity contribution in [2.24, 2.45) is 0 Å². The smallest absolute Gasteiger partial charge is 0.255 e. The molecule has 20 heavy (non-hydrogen) atoms. The van der Waals surface area contributed by atoms with Crippen LogP contribution in [0.2, 0.25) is 0 Å². The third-order valence-corrected chi connectivity index (χ3v) is 3.50. The van der Waals surface area contributed by atoms with Crippen LogP contribution in [0.3, 0.4) is 0 Å². The highest BCUT2D eigenvalue weighted by Gasteiger charge is 2.11. The summed E-state index contributed by atoms with van der Waals surface area (Å²) in [6, 6.07) is 9.31. The van der Waals surface area contributed by atoms with Crippen LogP contribution in [0.1, 0.15) is 15.9 Å². The topological polar surface area (TPSA) is 38.3 Å². The number of ether oxygens (including phenoxy) is 1. The summed E-state index contributed by atoms with van der Waals surface area (Å²) >= 11 is 3.34. The van der Waals surface area contributed by atoms with Gasteiger partial charge in [0.25, 0.3) is 5.91 Å². The number of halogens is 2. The van der Waals surface area contributed by atoms with E-state index in [1.807, 2.05) is 0 Å². The molecule has 2 rings (SSSR count). The third-order valence-electron chi connectivity index (χ3n) is 2.84. The molecule has 0 aliphatic rings. The lowest BCUT2D eigenvalue weighted by Gasteiger charge is -2.10. The Morgan fingerprint density at radius 1 is 1.25 bits per heavy atom. The minimum absolute atomic E-state index is 0.285. The second-order valence-electron chi connectivity index (χ2n) is 4.26. The number of anilines is 1. The van der Waals surface area contributed by atoms with Gasteiger partial charge in [-0.1, -0.05) is 0 Å². The zero-order valence-corrected chi connectivity index (χ0v) is 12.6. The van der Waals surface area contributed by atoms with Gasteiger partial charge in [-0.15, -0.1) is 0 Å². The lowest BCUT2D eigenvalue weighted by atomic mass is 10.1. The zero-order valence-electron chi connectivity index (χ0n) is 11.0. The average molecular weight is 338 g/mol. The number of hydrogen-bond donors (Lipinski definition) is 1. The number of methoxy groups -OCH3 is 1. The quantitative estimate of drug-likeness (QED) is 0.913. The molecule has 0 aliphatic heterocycles. The van der Waals surface area contributed by atoms with Crippen molar-refractivity contribution in [3.8, 4) is 5.75 Å². The van der Waals surface area contributed by atoms with Gasteiger partial charge in [0.15, 0.2) is 0 Å². The first-order valence-corrected chi connectivity index (χ1v) is 6.71. The summed E-state index contributed by atoms with van der Waals surface area (Å²) in [5.74, 6) is -0.0186. The maximum Gasteiger partial charge on any atom is 0.255 e. The number of hydrogen-bond acceptors (Lipinski definition) is 2. The zero-order chi connectivity index (χ0) is 14.7. The number of carbonyl (C=O) groups excluding carboxylic acids is 1. The molecule has 0 fully saturated rings. The minimum atomic E-state index is -0.357. The van der Waals surface area contributed by atoms with Crippen LogP contribution in [0, 0.1) is 12.7 Å². The summed E-state index contributed by atoms with van der Waals surface area (Å²) in [6.07, 6.45) is 0. The number of aryl methyl sites for hydroxylation is 1. The largest absolute Gasteiger partial charge is 0.495 e. The van der Waals surface area contributed by atoms with E-state index in [4.69, 9.17) is 4.74 Å². The fraction of sp³-hybridized carbons (Fsp3) is 0.133. The number of benzene rings is 2. The monoisotopic (exact) mass is 337 g/mol. The predicted octanol–water partition coefficient (Wildman–Crippen LogP) is 4.16. The van der Waals surface area contributed by atoms with Gasteiger partial charge in [0.05, 0.1) is 11.6 Å². The van der Waals surface area contributed by atoms with E-state index >= 15 is 0 Å². The second-order valence-corrected chi connectivity index (χ2v) is 5.12. The highest BCUT2D eigenvalue weighted by molar-refractivity contribution is 9.10. The van der Waals surface area contributed by atoms with Crippen molar-refractivity contribution >= 4 is 27.5 Å². The summed E-state index contributed by atoms with van der Waals surface area (Å²) in [5, 5.41) is 2.76. The number of rotatable bonds is 3. The van der Waals surface area contributed by atoms with Gasteiger partial charge in [-0.25, -0.2) is 4.39 Å².